The summed E-state index contributed by atoms with van der Waals surface area (Å²) in [6, 6.07) is 20.1. The molecule has 0 bridgehead atoms. The first kappa shape index (κ1) is 22.0. The van der Waals surface area contributed by atoms with Gasteiger partial charge < -0.3 is 9.80 Å². The zero-order chi connectivity index (χ0) is 22.8. The van der Waals surface area contributed by atoms with Gasteiger partial charge in [0.1, 0.15) is 5.82 Å². The second-order valence-electron chi connectivity index (χ2n) is 7.94. The fourth-order valence-corrected chi connectivity index (χ4v) is 4.49. The predicted octanol–water partition coefficient (Wildman–Crippen LogP) is 6.05. The Morgan fingerprint density at radius 2 is 1.69 bits per heavy atom. The average molecular weight is 451 g/mol. The van der Waals surface area contributed by atoms with Crippen molar-refractivity contribution in [1.29, 1.82) is 0 Å². The van der Waals surface area contributed by atoms with Gasteiger partial charge in [-0.25, -0.2) is 4.39 Å². The van der Waals surface area contributed by atoms with Gasteiger partial charge >= 0.3 is 0 Å². The minimum absolute atomic E-state index is 0.0111. The molecule has 1 aliphatic heterocycles. The topological polar surface area (TPSA) is 40.6 Å². The van der Waals surface area contributed by atoms with Crippen molar-refractivity contribution < 1.29 is 14.0 Å². The van der Waals surface area contributed by atoms with Gasteiger partial charge in [0, 0.05) is 34.5 Å². The van der Waals surface area contributed by atoms with Crippen LogP contribution in [-0.4, -0.2) is 24.4 Å². The van der Waals surface area contributed by atoms with E-state index in [4.69, 9.17) is 11.6 Å². The summed E-state index contributed by atoms with van der Waals surface area (Å²) >= 11 is 6.02. The molecule has 0 saturated heterocycles. The Balaban J connectivity index is 1.70. The Morgan fingerprint density at radius 1 is 1.03 bits per heavy atom. The Labute approximate surface area is 192 Å². The summed E-state index contributed by atoms with van der Waals surface area (Å²) in [4.78, 5) is 30.4. The Hall–Kier alpha value is -3.18. The molecule has 164 valence electrons. The number of carbonyl (C=O) groups is 2. The molecule has 3 aromatic rings. The Bertz CT molecular complexity index is 1130. The van der Waals surface area contributed by atoms with Gasteiger partial charge in [0.05, 0.1) is 5.92 Å². The highest BCUT2D eigenvalue weighted by molar-refractivity contribution is 6.30. The van der Waals surface area contributed by atoms with Crippen LogP contribution in [0.3, 0.4) is 0 Å². The molecule has 0 aromatic heterocycles. The molecule has 4 rings (SSSR count). The predicted molar refractivity (Wildman–Crippen MR) is 126 cm³/mol. The van der Waals surface area contributed by atoms with E-state index >= 15 is 0 Å². The summed E-state index contributed by atoms with van der Waals surface area (Å²) in [5.41, 5.74) is 2.73. The van der Waals surface area contributed by atoms with Crippen LogP contribution >= 0.6 is 11.6 Å². The minimum atomic E-state index is -0.388. The molecule has 2 unspecified atom stereocenters. The van der Waals surface area contributed by atoms with Gasteiger partial charge in [-0.2, -0.15) is 0 Å². The molecular formula is C26H24ClFN2O2. The van der Waals surface area contributed by atoms with Crippen molar-refractivity contribution in [2.24, 2.45) is 0 Å². The maximum absolute atomic E-state index is 13.7. The number of amides is 2. The van der Waals surface area contributed by atoms with Crippen molar-refractivity contribution in [2.45, 2.75) is 32.2 Å². The van der Waals surface area contributed by atoms with Crippen LogP contribution in [0.5, 0.6) is 0 Å². The molecule has 0 radical (unpaired) electrons. The highest BCUT2D eigenvalue weighted by Gasteiger charge is 2.38. The average Bonchev–Trinajstić information content (AvgIpc) is 2.80. The summed E-state index contributed by atoms with van der Waals surface area (Å²) in [6.07, 6.45) is 0.493. The molecule has 1 heterocycles. The van der Waals surface area contributed by atoms with Crippen LogP contribution in [0.25, 0.3) is 0 Å². The fourth-order valence-electron chi connectivity index (χ4n) is 4.36. The van der Waals surface area contributed by atoms with Crippen LogP contribution in [-0.2, 0) is 4.79 Å². The number of hydrogen-bond donors (Lipinski definition) is 0. The van der Waals surface area contributed by atoms with Gasteiger partial charge in [0.2, 0.25) is 5.91 Å². The van der Waals surface area contributed by atoms with Gasteiger partial charge in [-0.15, -0.1) is 0 Å². The summed E-state index contributed by atoms with van der Waals surface area (Å²) in [5.74, 6) is -0.987. The molecule has 4 nitrogen and oxygen atoms in total. The lowest BCUT2D eigenvalue weighted by Crippen LogP contribution is -2.46. The number of likely N-dealkylation sites (N-methyl/N-ethyl adjacent to an activating group) is 1. The Morgan fingerprint density at radius 3 is 2.34 bits per heavy atom. The number of anilines is 2. The van der Waals surface area contributed by atoms with E-state index in [1.807, 2.05) is 50.2 Å². The molecule has 3 aromatic carbocycles. The molecule has 0 spiro atoms. The number of para-hydroxylation sites is 1. The lowest BCUT2D eigenvalue weighted by molar-refractivity contribution is -0.120. The first-order valence-corrected chi connectivity index (χ1v) is 11.0. The smallest absolute Gasteiger partial charge is 0.258 e. The van der Waals surface area contributed by atoms with Crippen LogP contribution in [0.2, 0.25) is 5.02 Å². The zero-order valence-corrected chi connectivity index (χ0v) is 18.7. The Kier molecular flexibility index (Phi) is 6.28. The van der Waals surface area contributed by atoms with Crippen molar-refractivity contribution in [1.82, 2.24) is 0 Å². The fraction of sp³-hybridized carbons (Fsp3) is 0.231. The van der Waals surface area contributed by atoms with Crippen molar-refractivity contribution >= 4 is 34.8 Å². The van der Waals surface area contributed by atoms with Crippen molar-refractivity contribution in [3.05, 3.63) is 94.8 Å². The van der Waals surface area contributed by atoms with Crippen LogP contribution in [0, 0.1) is 5.82 Å². The largest absolute Gasteiger partial charge is 0.312 e. The second-order valence-corrected chi connectivity index (χ2v) is 8.37. The number of benzene rings is 3. The van der Waals surface area contributed by atoms with Crippen molar-refractivity contribution in [3.8, 4) is 0 Å². The van der Waals surface area contributed by atoms with E-state index in [2.05, 4.69) is 0 Å². The van der Waals surface area contributed by atoms with Crippen LogP contribution in [0.15, 0.2) is 72.8 Å². The van der Waals surface area contributed by atoms with Gasteiger partial charge in [-0.05, 0) is 80.4 Å². The monoisotopic (exact) mass is 450 g/mol. The molecule has 0 N–H and O–H groups in total. The minimum Gasteiger partial charge on any atom is -0.312 e. The van der Waals surface area contributed by atoms with Crippen LogP contribution in [0.4, 0.5) is 15.8 Å². The number of rotatable bonds is 4. The van der Waals surface area contributed by atoms with Crippen LogP contribution in [0.1, 0.15) is 42.1 Å². The van der Waals surface area contributed by atoms with E-state index in [0.717, 1.165) is 11.3 Å². The third kappa shape index (κ3) is 4.13. The van der Waals surface area contributed by atoms with E-state index < -0.39 is 0 Å². The standard InChI is InChI=1S/C26H24ClFN2O2/c1-3-29(21-14-10-19(27)11-15-21)26(32)23-16-17(2)30(24-7-5-4-6-22(23)24)25(31)18-8-12-20(28)13-9-18/h4-15,17,23H,3,16H2,1-2H3. The molecule has 0 saturated carbocycles. The van der Waals surface area contributed by atoms with E-state index in [0.29, 0.717) is 29.2 Å². The molecule has 2 amide bonds. The number of nitrogens with zero attached hydrogens (tertiary/aromatic N) is 2. The van der Waals surface area contributed by atoms with Gasteiger partial charge in [0.15, 0.2) is 0 Å². The summed E-state index contributed by atoms with van der Waals surface area (Å²) in [5, 5.41) is 0.615. The van der Waals surface area contributed by atoms with Gasteiger partial charge in [-0.1, -0.05) is 29.8 Å². The van der Waals surface area contributed by atoms with E-state index in [-0.39, 0.29) is 29.6 Å². The SMILES string of the molecule is CCN(C(=O)C1CC(C)N(C(=O)c2ccc(F)cc2)c2ccccc21)c1ccc(Cl)cc1. The maximum Gasteiger partial charge on any atom is 0.258 e. The quantitative estimate of drug-likeness (QED) is 0.485. The highest BCUT2D eigenvalue weighted by atomic mass is 35.5. The lowest BCUT2D eigenvalue weighted by Gasteiger charge is -2.40. The zero-order valence-electron chi connectivity index (χ0n) is 18.0. The van der Waals surface area contributed by atoms with Crippen molar-refractivity contribution in [3.63, 3.8) is 0 Å². The lowest BCUT2D eigenvalue weighted by atomic mass is 9.84. The van der Waals surface area contributed by atoms with Crippen LogP contribution < -0.4 is 9.80 Å². The van der Waals surface area contributed by atoms with Gasteiger partial charge in [-0.3, -0.25) is 9.59 Å². The number of halogens is 2. The second kappa shape index (κ2) is 9.13. The van der Waals surface area contributed by atoms with Crippen molar-refractivity contribution in [2.75, 3.05) is 16.3 Å². The van der Waals surface area contributed by atoms with E-state index in [9.17, 15) is 14.0 Å². The van der Waals surface area contributed by atoms with Gasteiger partial charge in [0.25, 0.3) is 5.91 Å². The number of carbonyl (C=O) groups excluding carboxylic acids is 2. The molecular weight excluding hydrogens is 427 g/mol. The molecule has 0 aliphatic carbocycles. The van der Waals surface area contributed by atoms with E-state index in [1.165, 1.54) is 24.3 Å². The highest BCUT2D eigenvalue weighted by Crippen LogP contribution is 2.40. The molecule has 32 heavy (non-hydrogen) atoms. The number of hydrogen-bond acceptors (Lipinski definition) is 2. The maximum atomic E-state index is 13.7. The summed E-state index contributed by atoms with van der Waals surface area (Å²) in [7, 11) is 0. The molecule has 0 fully saturated rings. The normalized spacial score (nSPS) is 17.6. The first-order chi connectivity index (χ1) is 15.4. The molecule has 2 atom stereocenters. The molecule has 1 aliphatic rings. The first-order valence-electron chi connectivity index (χ1n) is 10.7. The number of fused-ring (bicyclic) bond motifs is 1. The third-order valence-electron chi connectivity index (χ3n) is 5.92. The van der Waals surface area contributed by atoms with E-state index in [1.54, 1.807) is 21.9 Å². The third-order valence-corrected chi connectivity index (χ3v) is 6.17. The summed E-state index contributed by atoms with van der Waals surface area (Å²) < 4.78 is 13.3. The summed E-state index contributed by atoms with van der Waals surface area (Å²) in [6.45, 7) is 4.40. The molecule has 6 heteroatoms.